The normalized spacial score (nSPS) is 18.9. The maximum atomic E-state index is 12.8. The van der Waals surface area contributed by atoms with Crippen LogP contribution in [0.4, 0.5) is 0 Å². The van der Waals surface area contributed by atoms with Crippen molar-refractivity contribution in [2.45, 2.75) is 49.0 Å². The van der Waals surface area contributed by atoms with Crippen LogP contribution in [0.25, 0.3) is 0 Å². The minimum atomic E-state index is -3.59. The summed E-state index contributed by atoms with van der Waals surface area (Å²) < 4.78 is 26.9. The lowest BCUT2D eigenvalue weighted by atomic mass is 10.1. The summed E-state index contributed by atoms with van der Waals surface area (Å²) in [6.45, 7) is 0.0516. The molecule has 2 aliphatic rings. The smallest absolute Gasteiger partial charge is 0.304 e. The Morgan fingerprint density at radius 2 is 1.95 bits per heavy atom. The molecule has 21 heavy (non-hydrogen) atoms. The second-order valence-electron chi connectivity index (χ2n) is 5.84. The molecule has 114 valence electrons. The highest BCUT2D eigenvalue weighted by Crippen LogP contribution is 2.41. The molecule has 2 saturated carbocycles. The van der Waals surface area contributed by atoms with E-state index in [1.54, 1.807) is 18.2 Å². The lowest BCUT2D eigenvalue weighted by Crippen LogP contribution is -2.35. The first-order valence-corrected chi connectivity index (χ1v) is 8.76. The van der Waals surface area contributed by atoms with Gasteiger partial charge in [0.2, 0.25) is 10.0 Å². The Hall–Kier alpha value is -1.40. The van der Waals surface area contributed by atoms with Crippen LogP contribution in [0, 0.1) is 0 Å². The highest BCUT2D eigenvalue weighted by Gasteiger charge is 2.38. The highest BCUT2D eigenvalue weighted by atomic mass is 32.2. The zero-order chi connectivity index (χ0) is 15.0. The van der Waals surface area contributed by atoms with E-state index in [0.717, 1.165) is 31.2 Å². The first-order valence-electron chi connectivity index (χ1n) is 7.32. The number of sulfonamides is 1. The number of rotatable bonds is 7. The molecule has 5 nitrogen and oxygen atoms in total. The Morgan fingerprint density at radius 3 is 2.52 bits per heavy atom. The number of benzene rings is 1. The second-order valence-corrected chi connectivity index (χ2v) is 7.73. The van der Waals surface area contributed by atoms with Crippen molar-refractivity contribution in [3.63, 3.8) is 0 Å². The molecule has 3 rings (SSSR count). The molecule has 0 heterocycles. The largest absolute Gasteiger partial charge is 0.481 e. The molecule has 0 aromatic heterocycles. The fourth-order valence-corrected chi connectivity index (χ4v) is 4.29. The summed E-state index contributed by atoms with van der Waals surface area (Å²) in [5.74, 6) is -0.476. The van der Waals surface area contributed by atoms with Gasteiger partial charge in [0, 0.05) is 12.6 Å². The van der Waals surface area contributed by atoms with E-state index in [1.165, 1.54) is 4.31 Å². The van der Waals surface area contributed by atoms with Gasteiger partial charge in [0.15, 0.2) is 0 Å². The predicted octanol–water partition coefficient (Wildman–Crippen LogP) is 2.19. The van der Waals surface area contributed by atoms with E-state index in [-0.39, 0.29) is 19.0 Å². The molecule has 1 aromatic rings. The molecular weight excluding hydrogens is 290 g/mol. The van der Waals surface area contributed by atoms with E-state index < -0.39 is 16.0 Å². The summed E-state index contributed by atoms with van der Waals surface area (Å²) >= 11 is 0. The Morgan fingerprint density at radius 1 is 1.24 bits per heavy atom. The van der Waals surface area contributed by atoms with Gasteiger partial charge in [-0.1, -0.05) is 12.1 Å². The van der Waals surface area contributed by atoms with Crippen LogP contribution < -0.4 is 0 Å². The summed E-state index contributed by atoms with van der Waals surface area (Å²) in [6.07, 6.45) is 3.73. The first kappa shape index (κ1) is 14.5. The number of carbonyl (C=O) groups is 1. The van der Waals surface area contributed by atoms with Crippen LogP contribution >= 0.6 is 0 Å². The fraction of sp³-hybridized carbons (Fsp3) is 0.533. The van der Waals surface area contributed by atoms with Crippen molar-refractivity contribution in [2.75, 3.05) is 6.54 Å². The van der Waals surface area contributed by atoms with Crippen LogP contribution in [0.5, 0.6) is 0 Å². The number of aliphatic carboxylic acids is 1. The SMILES string of the molecule is O=C(O)CCN(C1CC1)S(=O)(=O)c1cccc(C2CC2)c1. The minimum Gasteiger partial charge on any atom is -0.481 e. The van der Waals surface area contributed by atoms with Crippen LogP contribution in [-0.4, -0.2) is 36.4 Å². The maximum absolute atomic E-state index is 12.8. The van der Waals surface area contributed by atoms with Gasteiger partial charge in [-0.15, -0.1) is 0 Å². The third-order valence-electron chi connectivity index (χ3n) is 4.01. The van der Waals surface area contributed by atoms with Crippen LogP contribution in [0.1, 0.15) is 43.6 Å². The van der Waals surface area contributed by atoms with Crippen molar-refractivity contribution in [1.82, 2.24) is 4.31 Å². The van der Waals surface area contributed by atoms with Crippen molar-refractivity contribution < 1.29 is 18.3 Å². The first-order chi connectivity index (χ1) is 9.98. The Kier molecular flexibility index (Phi) is 3.75. The van der Waals surface area contributed by atoms with Crippen LogP contribution in [0.2, 0.25) is 0 Å². The van der Waals surface area contributed by atoms with Gasteiger partial charge in [-0.25, -0.2) is 8.42 Å². The van der Waals surface area contributed by atoms with Crippen molar-refractivity contribution in [2.24, 2.45) is 0 Å². The van der Waals surface area contributed by atoms with Gasteiger partial charge in [-0.2, -0.15) is 4.31 Å². The quantitative estimate of drug-likeness (QED) is 0.838. The van der Waals surface area contributed by atoms with E-state index in [2.05, 4.69) is 0 Å². The third-order valence-corrected chi connectivity index (χ3v) is 5.96. The van der Waals surface area contributed by atoms with Gasteiger partial charge >= 0.3 is 5.97 Å². The predicted molar refractivity (Wildman–Crippen MR) is 77.6 cm³/mol. The molecule has 0 aliphatic heterocycles. The van der Waals surface area contributed by atoms with Gasteiger partial charge in [0.25, 0.3) is 0 Å². The zero-order valence-electron chi connectivity index (χ0n) is 11.7. The van der Waals surface area contributed by atoms with Crippen molar-refractivity contribution >= 4 is 16.0 Å². The average molecular weight is 309 g/mol. The molecule has 1 N–H and O–H groups in total. The minimum absolute atomic E-state index is 0.0288. The summed E-state index contributed by atoms with van der Waals surface area (Å²) in [5.41, 5.74) is 1.07. The Bertz CT molecular complexity index is 647. The summed E-state index contributed by atoms with van der Waals surface area (Å²) in [7, 11) is -3.59. The van der Waals surface area contributed by atoms with Crippen LogP contribution in [-0.2, 0) is 14.8 Å². The molecule has 0 unspecified atom stereocenters. The molecule has 0 spiro atoms. The molecule has 0 amide bonds. The van der Waals surface area contributed by atoms with E-state index in [4.69, 9.17) is 5.11 Å². The lowest BCUT2D eigenvalue weighted by Gasteiger charge is -2.21. The van der Waals surface area contributed by atoms with E-state index in [9.17, 15) is 13.2 Å². The molecule has 2 aliphatic carbocycles. The third kappa shape index (κ3) is 3.27. The molecule has 0 atom stereocenters. The molecule has 6 heteroatoms. The molecule has 0 radical (unpaired) electrons. The Labute approximate surface area is 124 Å². The zero-order valence-corrected chi connectivity index (χ0v) is 12.6. The molecule has 2 fully saturated rings. The summed E-state index contributed by atoms with van der Waals surface area (Å²) in [4.78, 5) is 11.0. The van der Waals surface area contributed by atoms with E-state index in [0.29, 0.717) is 10.8 Å². The van der Waals surface area contributed by atoms with Gasteiger partial charge in [-0.3, -0.25) is 4.79 Å². The molecular formula is C15H19NO4S. The van der Waals surface area contributed by atoms with Gasteiger partial charge in [0.05, 0.1) is 11.3 Å². The standard InChI is InChI=1S/C15H19NO4S/c17-15(18)8-9-16(13-6-7-13)21(19,20)14-3-1-2-12(10-14)11-4-5-11/h1-3,10-11,13H,4-9H2,(H,17,18). The van der Waals surface area contributed by atoms with Crippen molar-refractivity contribution in [3.8, 4) is 0 Å². The van der Waals surface area contributed by atoms with Gasteiger partial charge in [-0.05, 0) is 49.3 Å². The number of carboxylic acids is 1. The van der Waals surface area contributed by atoms with E-state index >= 15 is 0 Å². The van der Waals surface area contributed by atoms with E-state index in [1.807, 2.05) is 6.07 Å². The highest BCUT2D eigenvalue weighted by molar-refractivity contribution is 7.89. The maximum Gasteiger partial charge on any atom is 0.304 e. The summed E-state index contributed by atoms with van der Waals surface area (Å²) in [5, 5.41) is 8.80. The lowest BCUT2D eigenvalue weighted by molar-refractivity contribution is -0.137. The summed E-state index contributed by atoms with van der Waals surface area (Å²) in [6, 6.07) is 7.08. The number of nitrogens with zero attached hydrogens (tertiary/aromatic N) is 1. The second kappa shape index (κ2) is 5.42. The topological polar surface area (TPSA) is 74.7 Å². The Balaban J connectivity index is 1.86. The van der Waals surface area contributed by atoms with Crippen molar-refractivity contribution in [1.29, 1.82) is 0 Å². The fourth-order valence-electron chi connectivity index (χ4n) is 2.55. The van der Waals surface area contributed by atoms with Crippen molar-refractivity contribution in [3.05, 3.63) is 29.8 Å². The average Bonchev–Trinajstić information content (AvgIpc) is 3.30. The number of carboxylic acid groups (broad SMARTS) is 1. The van der Waals surface area contributed by atoms with Crippen LogP contribution in [0.3, 0.4) is 0 Å². The number of hydrogen-bond acceptors (Lipinski definition) is 3. The molecule has 0 bridgehead atoms. The molecule has 1 aromatic carbocycles. The van der Waals surface area contributed by atoms with Gasteiger partial charge in [0.1, 0.15) is 0 Å². The monoisotopic (exact) mass is 309 g/mol. The van der Waals surface area contributed by atoms with Gasteiger partial charge < -0.3 is 5.11 Å². The van der Waals surface area contributed by atoms with Crippen LogP contribution in [0.15, 0.2) is 29.2 Å². The number of hydrogen-bond donors (Lipinski definition) is 1. The molecule has 0 saturated heterocycles.